The van der Waals surface area contributed by atoms with Crippen molar-refractivity contribution in [2.24, 2.45) is 17.2 Å². The predicted molar refractivity (Wildman–Crippen MR) is 119 cm³/mol. The van der Waals surface area contributed by atoms with Crippen molar-refractivity contribution in [3.63, 3.8) is 0 Å². The molecule has 182 valence electrons. The molecule has 0 spiro atoms. The standard InChI is InChI=1S/C21H32N6O6/c22-9-5-4-8-15(21(32)33)27-20(31)16(11-17(24)28)26-18(29)12-25-19(30)14(23)10-13-6-2-1-3-7-13/h1-3,6-7,14-16H,4-5,8-12,22-23H2,(H2,24,28)(H,25,30)(H,26,29)(H,27,31)(H,32,33). The minimum atomic E-state index is -1.40. The second-order valence-electron chi connectivity index (χ2n) is 7.49. The highest BCUT2D eigenvalue weighted by atomic mass is 16.4. The minimum absolute atomic E-state index is 0.130. The molecule has 0 saturated carbocycles. The maximum absolute atomic E-state index is 12.5. The van der Waals surface area contributed by atoms with Crippen molar-refractivity contribution >= 4 is 29.6 Å². The van der Waals surface area contributed by atoms with Gasteiger partial charge in [0, 0.05) is 0 Å². The zero-order valence-electron chi connectivity index (χ0n) is 18.3. The van der Waals surface area contributed by atoms with Gasteiger partial charge in [-0.25, -0.2) is 4.79 Å². The molecule has 3 unspecified atom stereocenters. The molecule has 4 amide bonds. The summed E-state index contributed by atoms with van der Waals surface area (Å²) in [5.41, 5.74) is 17.2. The van der Waals surface area contributed by atoms with E-state index in [-0.39, 0.29) is 12.8 Å². The fraction of sp³-hybridized carbons (Fsp3) is 0.476. The molecule has 0 fully saturated rings. The number of primary amides is 1. The van der Waals surface area contributed by atoms with Gasteiger partial charge in [0.2, 0.25) is 23.6 Å². The molecule has 1 aromatic carbocycles. The van der Waals surface area contributed by atoms with Crippen LogP contribution in [0.4, 0.5) is 0 Å². The number of carbonyl (C=O) groups is 5. The first-order valence-electron chi connectivity index (χ1n) is 10.5. The maximum atomic E-state index is 12.5. The second kappa shape index (κ2) is 14.5. The van der Waals surface area contributed by atoms with E-state index in [0.717, 1.165) is 5.56 Å². The van der Waals surface area contributed by atoms with Crippen LogP contribution in [0.2, 0.25) is 0 Å². The SMILES string of the molecule is NCCCCC(NC(=O)C(CC(N)=O)NC(=O)CNC(=O)C(N)Cc1ccccc1)C(=O)O. The van der Waals surface area contributed by atoms with Crippen molar-refractivity contribution in [2.75, 3.05) is 13.1 Å². The first-order chi connectivity index (χ1) is 15.6. The molecule has 0 aromatic heterocycles. The summed E-state index contributed by atoms with van der Waals surface area (Å²) in [6, 6.07) is 5.56. The molecule has 33 heavy (non-hydrogen) atoms. The van der Waals surface area contributed by atoms with Gasteiger partial charge in [-0.2, -0.15) is 0 Å². The molecule has 3 atom stereocenters. The quantitative estimate of drug-likeness (QED) is 0.140. The van der Waals surface area contributed by atoms with E-state index in [9.17, 15) is 29.1 Å². The Kier molecular flexibility index (Phi) is 12.1. The second-order valence-corrected chi connectivity index (χ2v) is 7.49. The highest BCUT2D eigenvalue weighted by Gasteiger charge is 2.27. The lowest BCUT2D eigenvalue weighted by Gasteiger charge is -2.21. The molecular weight excluding hydrogens is 432 g/mol. The van der Waals surface area contributed by atoms with E-state index in [1.54, 1.807) is 0 Å². The van der Waals surface area contributed by atoms with Crippen LogP contribution in [0, 0.1) is 0 Å². The van der Waals surface area contributed by atoms with Gasteiger partial charge in [-0.3, -0.25) is 19.2 Å². The van der Waals surface area contributed by atoms with Crippen LogP contribution in [-0.4, -0.2) is 65.9 Å². The Morgan fingerprint density at radius 3 is 2.18 bits per heavy atom. The molecule has 12 nitrogen and oxygen atoms in total. The van der Waals surface area contributed by atoms with Gasteiger partial charge in [-0.1, -0.05) is 30.3 Å². The number of carboxylic acid groups (broad SMARTS) is 1. The van der Waals surface area contributed by atoms with Gasteiger partial charge in [0.15, 0.2) is 0 Å². The van der Waals surface area contributed by atoms with E-state index in [2.05, 4.69) is 16.0 Å². The summed E-state index contributed by atoms with van der Waals surface area (Å²) in [6.07, 6.45) is 0.893. The third-order valence-corrected chi connectivity index (χ3v) is 4.68. The van der Waals surface area contributed by atoms with Crippen LogP contribution in [0.5, 0.6) is 0 Å². The number of hydrogen-bond acceptors (Lipinski definition) is 7. The Morgan fingerprint density at radius 2 is 1.61 bits per heavy atom. The fourth-order valence-corrected chi connectivity index (χ4v) is 2.94. The van der Waals surface area contributed by atoms with Crippen molar-refractivity contribution in [3.05, 3.63) is 35.9 Å². The van der Waals surface area contributed by atoms with E-state index in [4.69, 9.17) is 17.2 Å². The van der Waals surface area contributed by atoms with Crippen molar-refractivity contribution in [1.82, 2.24) is 16.0 Å². The number of benzene rings is 1. The minimum Gasteiger partial charge on any atom is -0.480 e. The van der Waals surface area contributed by atoms with Crippen LogP contribution in [0.3, 0.4) is 0 Å². The number of nitrogens with one attached hydrogen (secondary N) is 3. The van der Waals surface area contributed by atoms with Gasteiger partial charge >= 0.3 is 5.97 Å². The molecule has 12 heteroatoms. The lowest BCUT2D eigenvalue weighted by atomic mass is 10.1. The fourth-order valence-electron chi connectivity index (χ4n) is 2.94. The van der Waals surface area contributed by atoms with E-state index in [1.807, 2.05) is 30.3 Å². The zero-order valence-corrected chi connectivity index (χ0v) is 18.3. The molecule has 1 rings (SSSR count). The average Bonchev–Trinajstić information content (AvgIpc) is 2.76. The summed E-state index contributed by atoms with van der Waals surface area (Å²) in [5, 5.41) is 16.2. The van der Waals surface area contributed by atoms with E-state index in [0.29, 0.717) is 19.4 Å². The van der Waals surface area contributed by atoms with Crippen molar-refractivity contribution < 1.29 is 29.1 Å². The average molecular weight is 465 g/mol. The Morgan fingerprint density at radius 1 is 0.939 bits per heavy atom. The Labute approximate surface area is 191 Å². The molecular formula is C21H32N6O6. The molecule has 0 heterocycles. The van der Waals surface area contributed by atoms with Crippen molar-refractivity contribution in [3.8, 4) is 0 Å². The van der Waals surface area contributed by atoms with Gasteiger partial charge in [-0.15, -0.1) is 0 Å². The van der Waals surface area contributed by atoms with Crippen LogP contribution in [0.25, 0.3) is 0 Å². The summed E-state index contributed by atoms with van der Waals surface area (Å²) >= 11 is 0. The highest BCUT2D eigenvalue weighted by molar-refractivity contribution is 5.94. The van der Waals surface area contributed by atoms with E-state index >= 15 is 0 Å². The zero-order chi connectivity index (χ0) is 24.8. The molecule has 0 bridgehead atoms. The molecule has 0 radical (unpaired) electrons. The third kappa shape index (κ3) is 11.1. The monoisotopic (exact) mass is 464 g/mol. The molecule has 0 aliphatic heterocycles. The number of carboxylic acids is 1. The third-order valence-electron chi connectivity index (χ3n) is 4.68. The highest BCUT2D eigenvalue weighted by Crippen LogP contribution is 2.03. The summed E-state index contributed by atoms with van der Waals surface area (Å²) in [5.74, 6) is -4.36. The number of nitrogens with two attached hydrogens (primary N) is 3. The lowest BCUT2D eigenvalue weighted by molar-refractivity contribution is -0.142. The Bertz CT molecular complexity index is 819. The lowest BCUT2D eigenvalue weighted by Crippen LogP contribution is -2.54. The van der Waals surface area contributed by atoms with Gasteiger partial charge in [-0.05, 0) is 37.8 Å². The smallest absolute Gasteiger partial charge is 0.326 e. The number of amides is 4. The summed E-state index contributed by atoms with van der Waals surface area (Å²) in [6.45, 7) is -0.121. The van der Waals surface area contributed by atoms with Crippen LogP contribution in [0.15, 0.2) is 30.3 Å². The largest absolute Gasteiger partial charge is 0.480 e. The predicted octanol–water partition coefficient (Wildman–Crippen LogP) is -2.27. The Balaban J connectivity index is 2.62. The van der Waals surface area contributed by atoms with Crippen molar-refractivity contribution in [1.29, 1.82) is 0 Å². The summed E-state index contributed by atoms with van der Waals surface area (Å²) in [4.78, 5) is 59.6. The number of unbranched alkanes of at least 4 members (excludes halogenated alkanes) is 1. The number of aliphatic carboxylic acids is 1. The molecule has 10 N–H and O–H groups in total. The topological polar surface area (TPSA) is 220 Å². The van der Waals surface area contributed by atoms with Crippen LogP contribution >= 0.6 is 0 Å². The normalized spacial score (nSPS) is 13.3. The van der Waals surface area contributed by atoms with E-state index in [1.165, 1.54) is 0 Å². The van der Waals surface area contributed by atoms with Gasteiger partial charge in [0.1, 0.15) is 12.1 Å². The van der Waals surface area contributed by atoms with Gasteiger partial charge in [0.25, 0.3) is 0 Å². The summed E-state index contributed by atoms with van der Waals surface area (Å²) in [7, 11) is 0. The van der Waals surface area contributed by atoms with Crippen LogP contribution < -0.4 is 33.2 Å². The summed E-state index contributed by atoms with van der Waals surface area (Å²) < 4.78 is 0. The first-order valence-corrected chi connectivity index (χ1v) is 10.5. The van der Waals surface area contributed by atoms with Gasteiger partial charge in [0.05, 0.1) is 19.0 Å². The molecule has 0 aliphatic carbocycles. The molecule has 0 aliphatic rings. The number of carbonyl (C=O) groups excluding carboxylic acids is 4. The molecule has 0 saturated heterocycles. The number of hydrogen-bond donors (Lipinski definition) is 7. The van der Waals surface area contributed by atoms with Crippen LogP contribution in [-0.2, 0) is 30.4 Å². The van der Waals surface area contributed by atoms with Crippen molar-refractivity contribution in [2.45, 2.75) is 50.2 Å². The van der Waals surface area contributed by atoms with E-state index < -0.39 is 60.7 Å². The van der Waals surface area contributed by atoms with Gasteiger partial charge < -0.3 is 38.3 Å². The number of rotatable bonds is 15. The first kappa shape index (κ1) is 27.5. The Hall–Kier alpha value is -3.51. The van der Waals surface area contributed by atoms with Crippen LogP contribution in [0.1, 0.15) is 31.2 Å². The molecule has 1 aromatic rings. The maximum Gasteiger partial charge on any atom is 0.326 e.